The summed E-state index contributed by atoms with van der Waals surface area (Å²) in [6.07, 6.45) is -5.16. The summed E-state index contributed by atoms with van der Waals surface area (Å²) in [5, 5.41) is 3.92. The van der Waals surface area contributed by atoms with E-state index in [0.29, 0.717) is 36.0 Å². The molecule has 1 aromatic carbocycles. The van der Waals surface area contributed by atoms with Crippen molar-refractivity contribution >= 4 is 32.8 Å². The molecular formula is C21H24F3N3O5S. The lowest BCUT2D eigenvalue weighted by atomic mass is 10.0. The number of nitrogens with zero attached hydrogens (tertiary/aromatic N) is 2. The zero-order valence-electron chi connectivity index (χ0n) is 17.9. The number of esters is 1. The summed E-state index contributed by atoms with van der Waals surface area (Å²) >= 11 is 0. The van der Waals surface area contributed by atoms with Gasteiger partial charge < -0.3 is 15.0 Å². The SMILES string of the molecule is CCS(=O)(=O)n1c2c(c3cc(C(=O)N4CCC(OC(=O)C(F)(F)F)CC4)ccc31)CNCC2. The number of aromatic nitrogens is 1. The molecule has 2 aliphatic rings. The molecule has 0 spiro atoms. The zero-order chi connectivity index (χ0) is 24.0. The standard InChI is InChI=1S/C21H24F3N3O5S/c1-2-33(30,31)27-17-4-3-13(11-15(17)16-12-25-8-5-18(16)27)19(28)26-9-6-14(7-10-26)32-20(29)21(22,23)24/h3-4,11,14,25H,2,5-10,12H2,1H3. The highest BCUT2D eigenvalue weighted by atomic mass is 32.2. The second-order valence-electron chi connectivity index (χ2n) is 8.14. The fraction of sp³-hybridized carbons (Fsp3) is 0.524. The molecular weight excluding hydrogens is 463 g/mol. The number of alkyl halides is 3. The van der Waals surface area contributed by atoms with Crippen molar-refractivity contribution in [3.05, 3.63) is 35.0 Å². The third kappa shape index (κ3) is 4.45. The number of hydrogen-bond donors (Lipinski definition) is 1. The van der Waals surface area contributed by atoms with Crippen LogP contribution in [-0.2, 0) is 32.5 Å². The van der Waals surface area contributed by atoms with Gasteiger partial charge in [-0.25, -0.2) is 17.2 Å². The van der Waals surface area contributed by atoms with Gasteiger partial charge in [-0.1, -0.05) is 0 Å². The Morgan fingerprint density at radius 2 is 1.91 bits per heavy atom. The molecule has 1 N–H and O–H groups in total. The fourth-order valence-corrected chi connectivity index (χ4v) is 5.66. The number of carbonyl (C=O) groups is 2. The van der Waals surface area contributed by atoms with Crippen LogP contribution in [-0.4, -0.2) is 66.8 Å². The van der Waals surface area contributed by atoms with Crippen molar-refractivity contribution < 1.29 is 35.9 Å². The number of amides is 1. The third-order valence-corrected chi connectivity index (χ3v) is 7.80. The van der Waals surface area contributed by atoms with E-state index < -0.39 is 28.3 Å². The number of fused-ring (bicyclic) bond motifs is 3. The molecule has 33 heavy (non-hydrogen) atoms. The number of rotatable bonds is 4. The smallest absolute Gasteiger partial charge is 0.456 e. The summed E-state index contributed by atoms with van der Waals surface area (Å²) in [5.74, 6) is -2.57. The van der Waals surface area contributed by atoms with E-state index in [0.717, 1.165) is 11.3 Å². The minimum Gasteiger partial charge on any atom is -0.456 e. The molecule has 180 valence electrons. The second kappa shape index (κ2) is 8.64. The van der Waals surface area contributed by atoms with Gasteiger partial charge >= 0.3 is 12.1 Å². The minimum absolute atomic E-state index is 0.0504. The lowest BCUT2D eigenvalue weighted by Gasteiger charge is -2.31. The average Bonchev–Trinajstić information content (AvgIpc) is 3.13. The number of ether oxygens (including phenoxy) is 1. The van der Waals surface area contributed by atoms with Gasteiger partial charge in [-0.05, 0) is 30.7 Å². The van der Waals surface area contributed by atoms with Crippen LogP contribution in [0, 0.1) is 0 Å². The van der Waals surface area contributed by atoms with Gasteiger partial charge in [-0.3, -0.25) is 4.79 Å². The Balaban J connectivity index is 1.56. The largest absolute Gasteiger partial charge is 0.490 e. The van der Waals surface area contributed by atoms with E-state index >= 15 is 0 Å². The summed E-state index contributed by atoms with van der Waals surface area (Å²) in [5.41, 5.74) is 2.47. The predicted octanol–water partition coefficient (Wildman–Crippen LogP) is 2.19. The van der Waals surface area contributed by atoms with E-state index in [4.69, 9.17) is 0 Å². The first-order chi connectivity index (χ1) is 15.5. The highest BCUT2D eigenvalue weighted by Gasteiger charge is 2.42. The van der Waals surface area contributed by atoms with Crippen molar-refractivity contribution in [2.24, 2.45) is 0 Å². The van der Waals surface area contributed by atoms with Crippen LogP contribution in [0.25, 0.3) is 10.9 Å². The van der Waals surface area contributed by atoms with Gasteiger partial charge in [0.25, 0.3) is 5.91 Å². The van der Waals surface area contributed by atoms with E-state index in [1.165, 1.54) is 8.87 Å². The Labute approximate surface area is 188 Å². The molecule has 1 fully saturated rings. The van der Waals surface area contributed by atoms with E-state index in [-0.39, 0.29) is 37.6 Å². The highest BCUT2D eigenvalue weighted by molar-refractivity contribution is 7.90. The average molecular weight is 488 g/mol. The van der Waals surface area contributed by atoms with Crippen LogP contribution in [0.5, 0.6) is 0 Å². The van der Waals surface area contributed by atoms with Crippen LogP contribution in [0.2, 0.25) is 0 Å². The summed E-state index contributed by atoms with van der Waals surface area (Å²) in [6, 6.07) is 4.88. The van der Waals surface area contributed by atoms with Gasteiger partial charge in [0.2, 0.25) is 10.0 Å². The van der Waals surface area contributed by atoms with E-state index in [1.54, 1.807) is 25.1 Å². The van der Waals surface area contributed by atoms with Gasteiger partial charge in [-0.2, -0.15) is 13.2 Å². The van der Waals surface area contributed by atoms with E-state index in [9.17, 15) is 31.2 Å². The topological polar surface area (TPSA) is 97.7 Å². The van der Waals surface area contributed by atoms with Gasteiger partial charge in [0.1, 0.15) is 6.10 Å². The fourth-order valence-electron chi connectivity index (χ4n) is 4.41. The van der Waals surface area contributed by atoms with Crippen LogP contribution < -0.4 is 5.32 Å². The molecule has 0 saturated carbocycles. The molecule has 0 bridgehead atoms. The number of carbonyl (C=O) groups excluding carboxylic acids is 2. The van der Waals surface area contributed by atoms with Crippen LogP contribution in [0.3, 0.4) is 0 Å². The number of nitrogens with one attached hydrogen (secondary N) is 1. The molecule has 1 amide bonds. The number of halogens is 3. The predicted molar refractivity (Wildman–Crippen MR) is 113 cm³/mol. The van der Waals surface area contributed by atoms with Crippen LogP contribution in [0.4, 0.5) is 13.2 Å². The molecule has 1 aromatic heterocycles. The van der Waals surface area contributed by atoms with Crippen LogP contribution >= 0.6 is 0 Å². The van der Waals surface area contributed by atoms with Crippen molar-refractivity contribution in [2.75, 3.05) is 25.4 Å². The zero-order valence-corrected chi connectivity index (χ0v) is 18.8. The first-order valence-corrected chi connectivity index (χ1v) is 12.3. The van der Waals surface area contributed by atoms with Crippen molar-refractivity contribution in [3.8, 4) is 0 Å². The number of likely N-dealkylation sites (tertiary alicyclic amines) is 1. The lowest BCUT2D eigenvalue weighted by molar-refractivity contribution is -0.206. The second-order valence-corrected chi connectivity index (χ2v) is 10.2. The number of piperidine rings is 1. The summed E-state index contributed by atoms with van der Waals surface area (Å²) in [7, 11) is -3.53. The maximum atomic E-state index is 13.1. The molecule has 2 aromatic rings. The van der Waals surface area contributed by atoms with Gasteiger partial charge in [-0.15, -0.1) is 0 Å². The summed E-state index contributed by atoms with van der Waals surface area (Å²) < 4.78 is 68.5. The number of benzene rings is 1. The van der Waals surface area contributed by atoms with Crippen LogP contribution in [0.15, 0.2) is 18.2 Å². The Morgan fingerprint density at radius 1 is 1.21 bits per heavy atom. The van der Waals surface area contributed by atoms with E-state index in [2.05, 4.69) is 10.1 Å². The maximum Gasteiger partial charge on any atom is 0.490 e. The van der Waals surface area contributed by atoms with E-state index in [1.807, 2.05) is 0 Å². The Kier molecular flexibility index (Phi) is 6.16. The summed E-state index contributed by atoms with van der Waals surface area (Å²) in [6.45, 7) is 3.03. The number of hydrogen-bond acceptors (Lipinski definition) is 6. The Bertz CT molecular complexity index is 1200. The summed E-state index contributed by atoms with van der Waals surface area (Å²) in [4.78, 5) is 25.6. The molecule has 0 radical (unpaired) electrons. The Hall–Kier alpha value is -2.60. The normalized spacial score (nSPS) is 17.8. The highest BCUT2D eigenvalue weighted by Crippen LogP contribution is 2.32. The minimum atomic E-state index is -5.04. The maximum absolute atomic E-state index is 13.1. The molecule has 3 heterocycles. The Morgan fingerprint density at radius 3 is 2.55 bits per heavy atom. The molecule has 4 rings (SSSR count). The first-order valence-electron chi connectivity index (χ1n) is 10.7. The van der Waals surface area contributed by atoms with Crippen molar-refractivity contribution in [1.82, 2.24) is 14.2 Å². The lowest BCUT2D eigenvalue weighted by Crippen LogP contribution is -2.42. The molecule has 0 unspecified atom stereocenters. The molecule has 2 aliphatic heterocycles. The molecule has 0 aliphatic carbocycles. The van der Waals surface area contributed by atoms with Crippen molar-refractivity contribution in [2.45, 2.75) is 45.0 Å². The molecule has 12 heteroatoms. The van der Waals surface area contributed by atoms with Gasteiger partial charge in [0.05, 0.1) is 11.3 Å². The molecule has 1 saturated heterocycles. The van der Waals surface area contributed by atoms with Gasteiger partial charge in [0.15, 0.2) is 0 Å². The first kappa shape index (κ1) is 23.6. The quantitative estimate of drug-likeness (QED) is 0.665. The molecule has 8 nitrogen and oxygen atoms in total. The molecule has 0 atom stereocenters. The van der Waals surface area contributed by atoms with Crippen molar-refractivity contribution in [1.29, 1.82) is 0 Å². The monoisotopic (exact) mass is 487 g/mol. The van der Waals surface area contributed by atoms with Crippen molar-refractivity contribution in [3.63, 3.8) is 0 Å². The van der Waals surface area contributed by atoms with Gasteiger partial charge in [0, 0.05) is 62.1 Å². The van der Waals surface area contributed by atoms with Crippen LogP contribution in [0.1, 0.15) is 41.4 Å². The third-order valence-electron chi connectivity index (χ3n) is 6.10.